The number of hydrogen-bond acceptors (Lipinski definition) is 5. The lowest BCUT2D eigenvalue weighted by molar-refractivity contribution is 0.460. The Bertz CT molecular complexity index is 634. The molecule has 2 aromatic rings. The van der Waals surface area contributed by atoms with Crippen molar-refractivity contribution in [2.45, 2.75) is 20.3 Å². The Labute approximate surface area is 118 Å². The summed E-state index contributed by atoms with van der Waals surface area (Å²) in [6.45, 7) is 4.75. The van der Waals surface area contributed by atoms with Crippen molar-refractivity contribution in [2.75, 3.05) is 11.9 Å². The standard InChI is InChI=1S/C15H16N4O/c1-3-7-17-14-9-15(19-11(2)18-14)20-13-6-4-5-12(8-13)10-16/h4-6,8-9H,3,7H2,1-2H3,(H,17,18,19). The Balaban J connectivity index is 2.20. The number of nitriles is 1. The van der Waals surface area contributed by atoms with E-state index in [9.17, 15) is 0 Å². The molecule has 0 aliphatic heterocycles. The van der Waals surface area contributed by atoms with Gasteiger partial charge in [0.15, 0.2) is 0 Å². The summed E-state index contributed by atoms with van der Waals surface area (Å²) in [4.78, 5) is 8.53. The first kappa shape index (κ1) is 13.8. The quantitative estimate of drug-likeness (QED) is 0.901. The fourth-order valence-electron chi connectivity index (χ4n) is 1.69. The van der Waals surface area contributed by atoms with Crippen molar-refractivity contribution in [3.8, 4) is 17.7 Å². The first-order valence-electron chi connectivity index (χ1n) is 6.49. The average Bonchev–Trinajstić information content (AvgIpc) is 2.44. The van der Waals surface area contributed by atoms with E-state index in [-0.39, 0.29) is 0 Å². The molecule has 5 heteroatoms. The number of rotatable bonds is 5. The second kappa shape index (κ2) is 6.53. The number of anilines is 1. The molecule has 0 radical (unpaired) electrons. The molecule has 0 fully saturated rings. The first-order chi connectivity index (χ1) is 9.71. The number of nitrogens with zero attached hydrogens (tertiary/aromatic N) is 3. The summed E-state index contributed by atoms with van der Waals surface area (Å²) < 4.78 is 5.68. The lowest BCUT2D eigenvalue weighted by Gasteiger charge is -2.09. The first-order valence-corrected chi connectivity index (χ1v) is 6.49. The Hall–Kier alpha value is -2.61. The van der Waals surface area contributed by atoms with Crippen LogP contribution in [0.4, 0.5) is 5.82 Å². The summed E-state index contributed by atoms with van der Waals surface area (Å²) in [6.07, 6.45) is 1.02. The molecule has 0 bridgehead atoms. The third kappa shape index (κ3) is 3.69. The SMILES string of the molecule is CCCNc1cc(Oc2cccc(C#N)c2)nc(C)n1. The third-order valence-corrected chi connectivity index (χ3v) is 2.56. The summed E-state index contributed by atoms with van der Waals surface area (Å²) in [5, 5.41) is 12.1. The molecule has 0 spiro atoms. The van der Waals surface area contributed by atoms with Crippen LogP contribution in [0.3, 0.4) is 0 Å². The highest BCUT2D eigenvalue weighted by atomic mass is 16.5. The van der Waals surface area contributed by atoms with E-state index in [1.807, 2.05) is 6.92 Å². The summed E-state index contributed by atoms with van der Waals surface area (Å²) in [5.41, 5.74) is 0.553. The Kier molecular flexibility index (Phi) is 4.51. The van der Waals surface area contributed by atoms with Gasteiger partial charge in [-0.2, -0.15) is 10.2 Å². The lowest BCUT2D eigenvalue weighted by Crippen LogP contribution is -2.04. The van der Waals surface area contributed by atoms with Crippen molar-refractivity contribution < 1.29 is 4.74 Å². The predicted octanol–water partition coefficient (Wildman–Crippen LogP) is 3.27. The smallest absolute Gasteiger partial charge is 0.224 e. The molecule has 1 aromatic heterocycles. The van der Waals surface area contributed by atoms with Gasteiger partial charge in [0.05, 0.1) is 11.6 Å². The third-order valence-electron chi connectivity index (χ3n) is 2.56. The molecule has 5 nitrogen and oxygen atoms in total. The van der Waals surface area contributed by atoms with E-state index in [0.29, 0.717) is 23.0 Å². The van der Waals surface area contributed by atoms with E-state index in [1.54, 1.807) is 30.3 Å². The number of hydrogen-bond donors (Lipinski definition) is 1. The van der Waals surface area contributed by atoms with Crippen LogP contribution in [0.2, 0.25) is 0 Å². The van der Waals surface area contributed by atoms with Crippen LogP contribution in [0, 0.1) is 18.3 Å². The van der Waals surface area contributed by atoms with Crippen molar-refractivity contribution >= 4 is 5.82 Å². The van der Waals surface area contributed by atoms with Gasteiger partial charge in [0.25, 0.3) is 0 Å². The molecular formula is C15H16N4O. The minimum atomic E-state index is 0.464. The van der Waals surface area contributed by atoms with Gasteiger partial charge in [-0.05, 0) is 31.5 Å². The molecule has 1 aromatic carbocycles. The van der Waals surface area contributed by atoms with E-state index in [2.05, 4.69) is 28.3 Å². The van der Waals surface area contributed by atoms with Crippen LogP contribution in [-0.4, -0.2) is 16.5 Å². The van der Waals surface area contributed by atoms with E-state index in [4.69, 9.17) is 10.00 Å². The minimum absolute atomic E-state index is 0.464. The Morgan fingerprint density at radius 1 is 1.30 bits per heavy atom. The largest absolute Gasteiger partial charge is 0.439 e. The van der Waals surface area contributed by atoms with Gasteiger partial charge in [0, 0.05) is 12.6 Å². The van der Waals surface area contributed by atoms with Crippen LogP contribution in [-0.2, 0) is 0 Å². The molecule has 1 N–H and O–H groups in total. The van der Waals surface area contributed by atoms with Gasteiger partial charge in [-0.3, -0.25) is 0 Å². The molecule has 20 heavy (non-hydrogen) atoms. The lowest BCUT2D eigenvalue weighted by atomic mass is 10.2. The molecule has 0 saturated carbocycles. The zero-order chi connectivity index (χ0) is 14.4. The van der Waals surface area contributed by atoms with Crippen molar-refractivity contribution in [3.63, 3.8) is 0 Å². The Morgan fingerprint density at radius 3 is 2.90 bits per heavy atom. The van der Waals surface area contributed by atoms with Crippen LogP contribution < -0.4 is 10.1 Å². The Morgan fingerprint density at radius 2 is 2.15 bits per heavy atom. The molecule has 0 amide bonds. The normalized spacial score (nSPS) is 9.85. The molecular weight excluding hydrogens is 252 g/mol. The molecule has 0 atom stereocenters. The molecule has 0 saturated heterocycles. The van der Waals surface area contributed by atoms with E-state index in [1.165, 1.54) is 0 Å². The molecule has 1 heterocycles. The van der Waals surface area contributed by atoms with Gasteiger partial charge < -0.3 is 10.1 Å². The highest BCUT2D eigenvalue weighted by molar-refractivity contribution is 5.41. The van der Waals surface area contributed by atoms with Gasteiger partial charge in [0.1, 0.15) is 17.4 Å². The maximum absolute atomic E-state index is 8.87. The van der Waals surface area contributed by atoms with Crippen LogP contribution >= 0.6 is 0 Å². The molecule has 0 aliphatic rings. The maximum atomic E-state index is 8.87. The van der Waals surface area contributed by atoms with Crippen LogP contribution in [0.15, 0.2) is 30.3 Å². The van der Waals surface area contributed by atoms with Crippen molar-refractivity contribution in [2.24, 2.45) is 0 Å². The summed E-state index contributed by atoms with van der Waals surface area (Å²) in [6, 6.07) is 10.8. The van der Waals surface area contributed by atoms with Crippen molar-refractivity contribution in [1.29, 1.82) is 5.26 Å². The predicted molar refractivity (Wildman–Crippen MR) is 76.8 cm³/mol. The molecule has 102 valence electrons. The van der Waals surface area contributed by atoms with Gasteiger partial charge in [0.2, 0.25) is 5.88 Å². The van der Waals surface area contributed by atoms with Crippen LogP contribution in [0.25, 0.3) is 0 Å². The minimum Gasteiger partial charge on any atom is -0.439 e. The van der Waals surface area contributed by atoms with Crippen molar-refractivity contribution in [3.05, 3.63) is 41.7 Å². The average molecular weight is 268 g/mol. The van der Waals surface area contributed by atoms with Gasteiger partial charge >= 0.3 is 0 Å². The van der Waals surface area contributed by atoms with Crippen LogP contribution in [0.5, 0.6) is 11.6 Å². The van der Waals surface area contributed by atoms with Gasteiger partial charge in [-0.25, -0.2) is 4.98 Å². The van der Waals surface area contributed by atoms with Crippen molar-refractivity contribution in [1.82, 2.24) is 9.97 Å². The second-order valence-electron chi connectivity index (χ2n) is 4.31. The molecule has 0 aliphatic carbocycles. The van der Waals surface area contributed by atoms with Crippen LogP contribution in [0.1, 0.15) is 24.7 Å². The van der Waals surface area contributed by atoms with E-state index >= 15 is 0 Å². The number of nitrogens with one attached hydrogen (secondary N) is 1. The monoisotopic (exact) mass is 268 g/mol. The van der Waals surface area contributed by atoms with E-state index < -0.39 is 0 Å². The summed E-state index contributed by atoms with van der Waals surface area (Å²) in [7, 11) is 0. The van der Waals surface area contributed by atoms with E-state index in [0.717, 1.165) is 18.8 Å². The zero-order valence-corrected chi connectivity index (χ0v) is 11.6. The fourth-order valence-corrected chi connectivity index (χ4v) is 1.69. The second-order valence-corrected chi connectivity index (χ2v) is 4.31. The fraction of sp³-hybridized carbons (Fsp3) is 0.267. The summed E-state index contributed by atoms with van der Waals surface area (Å²) >= 11 is 0. The number of aromatic nitrogens is 2. The topological polar surface area (TPSA) is 70.8 Å². The number of aryl methyl sites for hydroxylation is 1. The zero-order valence-electron chi connectivity index (χ0n) is 11.6. The maximum Gasteiger partial charge on any atom is 0.224 e. The van der Waals surface area contributed by atoms with Gasteiger partial charge in [-0.1, -0.05) is 13.0 Å². The highest BCUT2D eigenvalue weighted by Crippen LogP contribution is 2.22. The van der Waals surface area contributed by atoms with Gasteiger partial charge in [-0.15, -0.1) is 0 Å². The summed E-state index contributed by atoms with van der Waals surface area (Å²) in [5.74, 6) is 2.43. The number of benzene rings is 1. The number of ether oxygens (including phenoxy) is 1. The molecule has 0 unspecified atom stereocenters. The molecule has 2 rings (SSSR count). The highest BCUT2D eigenvalue weighted by Gasteiger charge is 2.04.